The Bertz CT molecular complexity index is 274. The summed E-state index contributed by atoms with van der Waals surface area (Å²) in [5.41, 5.74) is 1.21. The minimum absolute atomic E-state index is 0.201. The molecule has 0 bridgehead atoms. The van der Waals surface area contributed by atoms with Crippen LogP contribution in [0.2, 0.25) is 0 Å². The molecule has 0 aliphatic heterocycles. The summed E-state index contributed by atoms with van der Waals surface area (Å²) in [6, 6.07) is 5.04. The van der Waals surface area contributed by atoms with E-state index in [0.29, 0.717) is 11.0 Å². The quantitative estimate of drug-likeness (QED) is 0.585. The molecule has 1 rings (SSSR count). The maximum Gasteiger partial charge on any atom is 0.335 e. The van der Waals surface area contributed by atoms with Crippen molar-refractivity contribution < 1.29 is 9.90 Å². The lowest BCUT2D eigenvalue weighted by Crippen LogP contribution is -2.16. The van der Waals surface area contributed by atoms with Crippen LogP contribution in [0.25, 0.3) is 0 Å². The maximum absolute atomic E-state index is 10.6. The summed E-state index contributed by atoms with van der Waals surface area (Å²) in [4.78, 5) is 10.6. The first kappa shape index (κ1) is 7.86. The molecule has 54 valence electrons. The van der Waals surface area contributed by atoms with Gasteiger partial charge in [-0.15, -0.1) is 0 Å². The SMILES string of the molecule is [B]c1cccc(C)c1C(=O)O. The van der Waals surface area contributed by atoms with Crippen LogP contribution in [0.3, 0.4) is 0 Å². The molecule has 2 radical (unpaired) electrons. The van der Waals surface area contributed by atoms with Crippen molar-refractivity contribution in [3.63, 3.8) is 0 Å². The van der Waals surface area contributed by atoms with Gasteiger partial charge in [0.2, 0.25) is 0 Å². The Labute approximate surface area is 66.3 Å². The third kappa shape index (κ3) is 1.42. The van der Waals surface area contributed by atoms with E-state index in [1.165, 1.54) is 0 Å². The molecule has 0 fully saturated rings. The highest BCUT2D eigenvalue weighted by Gasteiger charge is 2.07. The summed E-state index contributed by atoms with van der Waals surface area (Å²) in [6.45, 7) is 1.72. The Morgan fingerprint density at radius 1 is 1.55 bits per heavy atom. The van der Waals surface area contributed by atoms with E-state index in [9.17, 15) is 4.79 Å². The van der Waals surface area contributed by atoms with E-state index >= 15 is 0 Å². The lowest BCUT2D eigenvalue weighted by Gasteiger charge is -2.03. The van der Waals surface area contributed by atoms with Crippen LogP contribution in [0, 0.1) is 6.92 Å². The monoisotopic (exact) mass is 146 g/mol. The summed E-state index contributed by atoms with van der Waals surface area (Å²) in [5.74, 6) is -0.972. The number of benzene rings is 1. The van der Waals surface area contributed by atoms with Crippen molar-refractivity contribution >= 4 is 19.3 Å². The maximum atomic E-state index is 10.6. The fourth-order valence-electron chi connectivity index (χ4n) is 0.983. The molecule has 1 N–H and O–H groups in total. The Balaban J connectivity index is 3.32. The minimum atomic E-state index is -0.972. The predicted octanol–water partition coefficient (Wildman–Crippen LogP) is 0.487. The lowest BCUT2D eigenvalue weighted by molar-refractivity contribution is 0.0697. The molecule has 1 aromatic carbocycles. The van der Waals surface area contributed by atoms with Crippen molar-refractivity contribution in [2.45, 2.75) is 6.92 Å². The van der Waals surface area contributed by atoms with Gasteiger partial charge in [0.1, 0.15) is 7.85 Å². The van der Waals surface area contributed by atoms with Gasteiger partial charge in [-0.25, -0.2) is 4.79 Å². The number of hydrogen-bond acceptors (Lipinski definition) is 1. The number of aryl methyl sites for hydroxylation is 1. The highest BCUT2D eigenvalue weighted by atomic mass is 16.4. The zero-order valence-corrected chi connectivity index (χ0v) is 6.16. The molecule has 3 heteroatoms. The number of aromatic carboxylic acids is 1. The second-order valence-corrected chi connectivity index (χ2v) is 2.34. The van der Waals surface area contributed by atoms with Crippen molar-refractivity contribution in [1.82, 2.24) is 0 Å². The van der Waals surface area contributed by atoms with Gasteiger partial charge in [0.05, 0.1) is 5.56 Å². The second kappa shape index (κ2) is 2.78. The highest BCUT2D eigenvalue weighted by Crippen LogP contribution is 2.02. The molecule has 0 unspecified atom stereocenters. The van der Waals surface area contributed by atoms with Gasteiger partial charge >= 0.3 is 5.97 Å². The van der Waals surface area contributed by atoms with E-state index in [4.69, 9.17) is 13.0 Å². The molecule has 1 aromatic rings. The van der Waals surface area contributed by atoms with Crippen molar-refractivity contribution in [3.8, 4) is 0 Å². The fourth-order valence-corrected chi connectivity index (χ4v) is 0.983. The van der Waals surface area contributed by atoms with Gasteiger partial charge in [-0.2, -0.15) is 0 Å². The van der Waals surface area contributed by atoms with E-state index in [2.05, 4.69) is 0 Å². The molecule has 0 aromatic heterocycles. The zero-order chi connectivity index (χ0) is 8.43. The van der Waals surface area contributed by atoms with Crippen LogP contribution in [0.15, 0.2) is 18.2 Å². The summed E-state index contributed by atoms with van der Waals surface area (Å²) in [6.07, 6.45) is 0. The molecule has 0 amide bonds. The van der Waals surface area contributed by atoms with Crippen LogP contribution in [0.1, 0.15) is 15.9 Å². The van der Waals surface area contributed by atoms with Gasteiger partial charge in [0.25, 0.3) is 0 Å². The first-order valence-corrected chi connectivity index (χ1v) is 3.21. The van der Waals surface area contributed by atoms with Gasteiger partial charge in [-0.05, 0) is 12.5 Å². The van der Waals surface area contributed by atoms with Crippen LogP contribution in [-0.4, -0.2) is 18.9 Å². The van der Waals surface area contributed by atoms with Crippen molar-refractivity contribution in [1.29, 1.82) is 0 Å². The molecule has 0 atom stereocenters. The standard InChI is InChI=1S/C8H7BO2/c1-5-3-2-4-6(9)7(5)8(10)11/h2-4H,1H3,(H,10,11). The normalized spacial score (nSPS) is 9.55. The van der Waals surface area contributed by atoms with Gasteiger partial charge < -0.3 is 5.11 Å². The first-order chi connectivity index (χ1) is 5.13. The lowest BCUT2D eigenvalue weighted by atomic mass is 9.88. The van der Waals surface area contributed by atoms with Crippen molar-refractivity contribution in [2.75, 3.05) is 0 Å². The first-order valence-electron chi connectivity index (χ1n) is 3.21. The molecule has 0 saturated heterocycles. The highest BCUT2D eigenvalue weighted by molar-refractivity contribution is 6.36. The Morgan fingerprint density at radius 3 is 2.55 bits per heavy atom. The molecule has 0 spiro atoms. The van der Waals surface area contributed by atoms with E-state index in [-0.39, 0.29) is 5.56 Å². The fraction of sp³-hybridized carbons (Fsp3) is 0.125. The summed E-state index contributed by atoms with van der Waals surface area (Å²) in [5, 5.41) is 8.67. The third-order valence-corrected chi connectivity index (χ3v) is 1.52. The number of rotatable bonds is 1. The molecule has 0 saturated carbocycles. The number of carboxylic acids is 1. The molecular weight excluding hydrogens is 139 g/mol. The smallest absolute Gasteiger partial charge is 0.335 e. The molecule has 2 nitrogen and oxygen atoms in total. The van der Waals surface area contributed by atoms with E-state index in [1.807, 2.05) is 0 Å². The average Bonchev–Trinajstić information content (AvgIpc) is 1.85. The largest absolute Gasteiger partial charge is 0.478 e. The number of carbonyl (C=O) groups is 1. The molecule has 11 heavy (non-hydrogen) atoms. The van der Waals surface area contributed by atoms with Gasteiger partial charge in [-0.1, -0.05) is 23.7 Å². The molecule has 0 aliphatic rings. The Hall–Kier alpha value is -1.25. The number of hydrogen-bond donors (Lipinski definition) is 1. The third-order valence-electron chi connectivity index (χ3n) is 1.52. The van der Waals surface area contributed by atoms with Crippen LogP contribution in [0.4, 0.5) is 0 Å². The second-order valence-electron chi connectivity index (χ2n) is 2.34. The van der Waals surface area contributed by atoms with E-state index < -0.39 is 5.97 Å². The molecular formula is C8H7BO2. The predicted molar refractivity (Wildman–Crippen MR) is 43.5 cm³/mol. The Kier molecular flexibility index (Phi) is 1.99. The minimum Gasteiger partial charge on any atom is -0.478 e. The van der Waals surface area contributed by atoms with Crippen LogP contribution < -0.4 is 5.46 Å². The zero-order valence-electron chi connectivity index (χ0n) is 6.16. The average molecular weight is 146 g/mol. The van der Waals surface area contributed by atoms with Crippen LogP contribution >= 0.6 is 0 Å². The number of carboxylic acid groups (broad SMARTS) is 1. The summed E-state index contributed by atoms with van der Waals surface area (Å²) < 4.78 is 0. The summed E-state index contributed by atoms with van der Waals surface area (Å²) >= 11 is 0. The molecule has 0 aliphatic carbocycles. The van der Waals surface area contributed by atoms with Crippen LogP contribution in [0.5, 0.6) is 0 Å². The van der Waals surface area contributed by atoms with Gasteiger partial charge in [0, 0.05) is 0 Å². The molecule has 0 heterocycles. The van der Waals surface area contributed by atoms with E-state index in [0.717, 1.165) is 0 Å². The Morgan fingerprint density at radius 2 is 2.18 bits per heavy atom. The van der Waals surface area contributed by atoms with Crippen molar-refractivity contribution in [2.24, 2.45) is 0 Å². The van der Waals surface area contributed by atoms with E-state index in [1.54, 1.807) is 25.1 Å². The van der Waals surface area contributed by atoms with Crippen LogP contribution in [-0.2, 0) is 0 Å². The topological polar surface area (TPSA) is 37.3 Å². The van der Waals surface area contributed by atoms with Gasteiger partial charge in [-0.3, -0.25) is 0 Å². The summed E-state index contributed by atoms with van der Waals surface area (Å²) in [7, 11) is 5.44. The van der Waals surface area contributed by atoms with Gasteiger partial charge in [0.15, 0.2) is 0 Å². The van der Waals surface area contributed by atoms with Crippen molar-refractivity contribution in [3.05, 3.63) is 29.3 Å².